The van der Waals surface area contributed by atoms with Gasteiger partial charge in [-0.2, -0.15) is 0 Å². The summed E-state index contributed by atoms with van der Waals surface area (Å²) in [5.74, 6) is 0.111. The fourth-order valence-electron chi connectivity index (χ4n) is 1.20. The van der Waals surface area contributed by atoms with Crippen molar-refractivity contribution in [3.05, 3.63) is 17.9 Å². The van der Waals surface area contributed by atoms with Crippen molar-refractivity contribution >= 4 is 11.4 Å². The van der Waals surface area contributed by atoms with Crippen LogP contribution in [0.1, 0.15) is 0 Å². The van der Waals surface area contributed by atoms with E-state index in [4.69, 9.17) is 10.5 Å². The van der Waals surface area contributed by atoms with E-state index in [-0.39, 0.29) is 5.69 Å². The van der Waals surface area contributed by atoms with Crippen molar-refractivity contribution in [2.24, 2.45) is 0 Å². The van der Waals surface area contributed by atoms with Gasteiger partial charge in [-0.25, -0.2) is 4.39 Å². The third-order valence-corrected chi connectivity index (χ3v) is 1.80. The fraction of sp³-hybridized carbons (Fsp3) is 0.250. The maximum absolute atomic E-state index is 13.2. The summed E-state index contributed by atoms with van der Waals surface area (Å²) in [6, 6.07) is 3.17. The van der Waals surface area contributed by atoms with Crippen LogP contribution in [-0.2, 0) is 0 Å². The molecular weight excluding hydrogens is 159 g/mol. The van der Waals surface area contributed by atoms with Crippen molar-refractivity contribution in [1.82, 2.24) is 0 Å². The SMILES string of the molecule is Nc1ccc2c(c1F)NCCO2. The lowest BCUT2D eigenvalue weighted by Gasteiger charge is -2.19. The fourth-order valence-corrected chi connectivity index (χ4v) is 1.20. The van der Waals surface area contributed by atoms with Gasteiger partial charge < -0.3 is 15.8 Å². The zero-order valence-electron chi connectivity index (χ0n) is 6.43. The summed E-state index contributed by atoms with van der Waals surface area (Å²) in [6.45, 7) is 1.18. The minimum Gasteiger partial charge on any atom is -0.489 e. The van der Waals surface area contributed by atoms with Crippen LogP contribution in [0.15, 0.2) is 12.1 Å². The van der Waals surface area contributed by atoms with E-state index in [0.29, 0.717) is 24.6 Å². The van der Waals surface area contributed by atoms with Crippen LogP contribution in [0.2, 0.25) is 0 Å². The highest BCUT2D eigenvalue weighted by molar-refractivity contribution is 5.65. The Hall–Kier alpha value is -1.45. The molecular formula is C8H9FN2O. The van der Waals surface area contributed by atoms with E-state index in [0.717, 1.165) is 0 Å². The molecule has 0 saturated heterocycles. The highest BCUT2D eigenvalue weighted by atomic mass is 19.1. The molecule has 0 radical (unpaired) electrons. The number of nitrogens with two attached hydrogens (primary N) is 1. The molecule has 4 heteroatoms. The predicted molar refractivity (Wildman–Crippen MR) is 44.8 cm³/mol. The molecule has 0 aliphatic carbocycles. The number of benzene rings is 1. The average molecular weight is 168 g/mol. The number of hydrogen-bond acceptors (Lipinski definition) is 3. The second-order valence-electron chi connectivity index (χ2n) is 2.62. The monoisotopic (exact) mass is 168 g/mol. The van der Waals surface area contributed by atoms with E-state index in [1.54, 1.807) is 6.07 Å². The van der Waals surface area contributed by atoms with Gasteiger partial charge in [-0.1, -0.05) is 0 Å². The first-order chi connectivity index (χ1) is 5.79. The number of rotatable bonds is 0. The van der Waals surface area contributed by atoms with Gasteiger partial charge in [0.15, 0.2) is 5.82 Å². The van der Waals surface area contributed by atoms with Crippen LogP contribution in [0.4, 0.5) is 15.8 Å². The molecule has 64 valence electrons. The first kappa shape index (κ1) is 7.21. The molecule has 1 aromatic rings. The molecule has 0 unspecified atom stereocenters. The molecule has 1 heterocycles. The topological polar surface area (TPSA) is 47.3 Å². The number of nitrogens with one attached hydrogen (secondary N) is 1. The minimum absolute atomic E-state index is 0.145. The van der Waals surface area contributed by atoms with Gasteiger partial charge in [-0.3, -0.25) is 0 Å². The third kappa shape index (κ3) is 0.958. The van der Waals surface area contributed by atoms with E-state index in [1.807, 2.05) is 0 Å². The van der Waals surface area contributed by atoms with E-state index in [9.17, 15) is 4.39 Å². The zero-order chi connectivity index (χ0) is 8.55. The van der Waals surface area contributed by atoms with E-state index < -0.39 is 5.82 Å². The van der Waals surface area contributed by atoms with Crippen LogP contribution in [0.5, 0.6) is 5.75 Å². The molecule has 0 spiro atoms. The smallest absolute Gasteiger partial charge is 0.172 e. The van der Waals surface area contributed by atoms with Crippen LogP contribution in [0.3, 0.4) is 0 Å². The van der Waals surface area contributed by atoms with Crippen LogP contribution in [0, 0.1) is 5.82 Å². The standard InChI is InChI=1S/C8H9FN2O/c9-7-5(10)1-2-6-8(7)11-3-4-12-6/h1-2,11H,3-4,10H2. The van der Waals surface area contributed by atoms with Gasteiger partial charge in [0, 0.05) is 6.54 Å². The Morgan fingerprint density at radius 2 is 2.33 bits per heavy atom. The van der Waals surface area contributed by atoms with Gasteiger partial charge in [0.1, 0.15) is 18.0 Å². The van der Waals surface area contributed by atoms with Gasteiger partial charge in [-0.15, -0.1) is 0 Å². The van der Waals surface area contributed by atoms with Crippen LogP contribution in [0.25, 0.3) is 0 Å². The molecule has 2 rings (SSSR count). The summed E-state index contributed by atoms with van der Waals surface area (Å²) in [4.78, 5) is 0. The second kappa shape index (κ2) is 2.55. The van der Waals surface area contributed by atoms with Crippen LogP contribution >= 0.6 is 0 Å². The zero-order valence-corrected chi connectivity index (χ0v) is 6.43. The molecule has 0 saturated carbocycles. The van der Waals surface area contributed by atoms with Crippen molar-refractivity contribution < 1.29 is 9.13 Å². The van der Waals surface area contributed by atoms with Gasteiger partial charge >= 0.3 is 0 Å². The molecule has 3 nitrogen and oxygen atoms in total. The molecule has 1 aliphatic rings. The summed E-state index contributed by atoms with van der Waals surface area (Å²) in [7, 11) is 0. The minimum atomic E-state index is -0.424. The Labute approximate surface area is 69.3 Å². The summed E-state index contributed by atoms with van der Waals surface area (Å²) in [6.07, 6.45) is 0. The van der Waals surface area contributed by atoms with E-state index >= 15 is 0 Å². The van der Waals surface area contributed by atoms with Crippen molar-refractivity contribution in [3.63, 3.8) is 0 Å². The molecule has 3 N–H and O–H groups in total. The molecule has 1 aliphatic heterocycles. The molecule has 0 amide bonds. The quantitative estimate of drug-likeness (QED) is 0.572. The summed E-state index contributed by atoms with van der Waals surface area (Å²) in [5.41, 5.74) is 5.89. The molecule has 0 bridgehead atoms. The summed E-state index contributed by atoms with van der Waals surface area (Å²) < 4.78 is 18.4. The highest BCUT2D eigenvalue weighted by Gasteiger charge is 2.15. The summed E-state index contributed by atoms with van der Waals surface area (Å²) in [5, 5.41) is 2.89. The lowest BCUT2D eigenvalue weighted by atomic mass is 10.2. The Kier molecular flexibility index (Phi) is 1.53. The van der Waals surface area contributed by atoms with Crippen molar-refractivity contribution in [2.75, 3.05) is 24.2 Å². The first-order valence-corrected chi connectivity index (χ1v) is 3.73. The third-order valence-electron chi connectivity index (χ3n) is 1.80. The maximum atomic E-state index is 13.2. The Morgan fingerprint density at radius 3 is 3.17 bits per heavy atom. The number of halogens is 1. The van der Waals surface area contributed by atoms with Crippen molar-refractivity contribution in [1.29, 1.82) is 0 Å². The van der Waals surface area contributed by atoms with Crippen LogP contribution < -0.4 is 15.8 Å². The van der Waals surface area contributed by atoms with Gasteiger partial charge in [-0.05, 0) is 12.1 Å². The van der Waals surface area contributed by atoms with Crippen molar-refractivity contribution in [2.45, 2.75) is 0 Å². The Morgan fingerprint density at radius 1 is 1.50 bits per heavy atom. The van der Waals surface area contributed by atoms with Gasteiger partial charge in [0.2, 0.25) is 0 Å². The maximum Gasteiger partial charge on any atom is 0.172 e. The first-order valence-electron chi connectivity index (χ1n) is 3.73. The normalized spacial score (nSPS) is 14.4. The molecule has 0 atom stereocenters. The largest absolute Gasteiger partial charge is 0.489 e. The average Bonchev–Trinajstić information content (AvgIpc) is 2.12. The van der Waals surface area contributed by atoms with Crippen molar-refractivity contribution in [3.8, 4) is 5.75 Å². The molecule has 0 fully saturated rings. The number of nitrogen functional groups attached to an aromatic ring is 1. The van der Waals surface area contributed by atoms with Gasteiger partial charge in [0.05, 0.1) is 5.69 Å². The predicted octanol–water partition coefficient (Wildman–Crippen LogP) is 1.21. The van der Waals surface area contributed by atoms with Gasteiger partial charge in [0.25, 0.3) is 0 Å². The number of ether oxygens (including phenoxy) is 1. The number of hydrogen-bond donors (Lipinski definition) is 2. The summed E-state index contributed by atoms with van der Waals surface area (Å²) >= 11 is 0. The number of anilines is 2. The van der Waals surface area contributed by atoms with Crippen LogP contribution in [-0.4, -0.2) is 13.2 Å². The Balaban J connectivity index is 2.54. The molecule has 0 aromatic heterocycles. The molecule has 1 aromatic carbocycles. The Bertz CT molecular complexity index is 314. The molecule has 12 heavy (non-hydrogen) atoms. The highest BCUT2D eigenvalue weighted by Crippen LogP contribution is 2.32. The lowest BCUT2D eigenvalue weighted by Crippen LogP contribution is -2.19. The second-order valence-corrected chi connectivity index (χ2v) is 2.62. The lowest BCUT2D eigenvalue weighted by molar-refractivity contribution is 0.321. The van der Waals surface area contributed by atoms with E-state index in [1.165, 1.54) is 6.07 Å². The van der Waals surface area contributed by atoms with E-state index in [2.05, 4.69) is 5.32 Å². The number of fused-ring (bicyclic) bond motifs is 1.